The van der Waals surface area contributed by atoms with Crippen molar-refractivity contribution < 1.29 is 14.0 Å². The summed E-state index contributed by atoms with van der Waals surface area (Å²) in [4.78, 5) is 31.7. The third-order valence-corrected chi connectivity index (χ3v) is 5.44. The highest BCUT2D eigenvalue weighted by Crippen LogP contribution is 2.38. The predicted molar refractivity (Wildman–Crippen MR) is 117 cm³/mol. The normalized spacial score (nSPS) is 10.6. The molecule has 4 rings (SSSR count). The molecule has 7 heteroatoms. The molecule has 0 aliphatic rings. The van der Waals surface area contributed by atoms with Crippen molar-refractivity contribution in [3.05, 3.63) is 84.8 Å². The summed E-state index contributed by atoms with van der Waals surface area (Å²) in [6.07, 6.45) is 1.42. The van der Waals surface area contributed by atoms with Gasteiger partial charge in [0.05, 0.1) is 16.8 Å². The SMILES string of the molecule is CN(CC(=O)Nc1nc(-c2ccccc2)c(-c2ccccc2)s1)C(=O)c1ccco1. The van der Waals surface area contributed by atoms with Crippen LogP contribution in [-0.2, 0) is 4.79 Å². The summed E-state index contributed by atoms with van der Waals surface area (Å²) < 4.78 is 5.10. The van der Waals surface area contributed by atoms with E-state index in [1.165, 1.54) is 22.5 Å². The number of nitrogens with zero attached hydrogens (tertiary/aromatic N) is 2. The van der Waals surface area contributed by atoms with Gasteiger partial charge in [0.25, 0.3) is 5.91 Å². The zero-order chi connectivity index (χ0) is 20.9. The number of hydrogen-bond donors (Lipinski definition) is 1. The number of benzene rings is 2. The maximum atomic E-state index is 12.5. The zero-order valence-corrected chi connectivity index (χ0v) is 17.1. The lowest BCUT2D eigenvalue weighted by molar-refractivity contribution is -0.116. The Balaban J connectivity index is 1.55. The molecule has 2 heterocycles. The fourth-order valence-electron chi connectivity index (χ4n) is 2.98. The molecular formula is C23H19N3O3S. The van der Waals surface area contributed by atoms with Crippen LogP contribution in [0.2, 0.25) is 0 Å². The minimum Gasteiger partial charge on any atom is -0.459 e. The van der Waals surface area contributed by atoms with Gasteiger partial charge in [-0.1, -0.05) is 72.0 Å². The smallest absolute Gasteiger partial charge is 0.289 e. The lowest BCUT2D eigenvalue weighted by Crippen LogP contribution is -2.34. The van der Waals surface area contributed by atoms with Crippen LogP contribution >= 0.6 is 11.3 Å². The molecule has 1 N–H and O–H groups in total. The Bertz CT molecular complexity index is 1080. The largest absolute Gasteiger partial charge is 0.459 e. The summed E-state index contributed by atoms with van der Waals surface area (Å²) >= 11 is 1.40. The van der Waals surface area contributed by atoms with Crippen molar-refractivity contribution in [2.45, 2.75) is 0 Å². The first-order valence-corrected chi connectivity index (χ1v) is 10.1. The van der Waals surface area contributed by atoms with Gasteiger partial charge < -0.3 is 14.6 Å². The zero-order valence-electron chi connectivity index (χ0n) is 16.2. The van der Waals surface area contributed by atoms with Crippen LogP contribution in [0, 0.1) is 0 Å². The van der Waals surface area contributed by atoms with Crippen molar-refractivity contribution in [1.29, 1.82) is 0 Å². The van der Waals surface area contributed by atoms with Crippen molar-refractivity contribution in [3.8, 4) is 21.7 Å². The van der Waals surface area contributed by atoms with Gasteiger partial charge in [-0.25, -0.2) is 4.98 Å². The fourth-order valence-corrected chi connectivity index (χ4v) is 3.99. The van der Waals surface area contributed by atoms with Crippen LogP contribution in [0.25, 0.3) is 21.7 Å². The van der Waals surface area contributed by atoms with Crippen LogP contribution in [0.1, 0.15) is 10.6 Å². The van der Waals surface area contributed by atoms with E-state index in [0.29, 0.717) is 5.13 Å². The number of hydrogen-bond acceptors (Lipinski definition) is 5. The topological polar surface area (TPSA) is 75.4 Å². The van der Waals surface area contributed by atoms with E-state index in [-0.39, 0.29) is 24.1 Å². The predicted octanol–water partition coefficient (Wildman–Crippen LogP) is 4.78. The fraction of sp³-hybridized carbons (Fsp3) is 0.0870. The Labute approximate surface area is 177 Å². The molecule has 30 heavy (non-hydrogen) atoms. The average molecular weight is 417 g/mol. The van der Waals surface area contributed by atoms with Crippen LogP contribution < -0.4 is 5.32 Å². The van der Waals surface area contributed by atoms with E-state index < -0.39 is 0 Å². The van der Waals surface area contributed by atoms with E-state index in [0.717, 1.165) is 21.7 Å². The van der Waals surface area contributed by atoms with Gasteiger partial charge in [0.1, 0.15) is 6.54 Å². The number of likely N-dealkylation sites (N-methyl/N-ethyl adjacent to an activating group) is 1. The number of rotatable bonds is 6. The van der Waals surface area contributed by atoms with E-state index >= 15 is 0 Å². The molecule has 0 saturated carbocycles. The molecule has 0 unspecified atom stereocenters. The summed E-state index contributed by atoms with van der Waals surface area (Å²) in [5.74, 6) is -0.494. The molecule has 2 aromatic carbocycles. The Morgan fingerprint density at radius 2 is 1.63 bits per heavy atom. The van der Waals surface area contributed by atoms with Crippen molar-refractivity contribution in [1.82, 2.24) is 9.88 Å². The summed E-state index contributed by atoms with van der Waals surface area (Å²) in [7, 11) is 1.55. The van der Waals surface area contributed by atoms with Gasteiger partial charge in [-0.2, -0.15) is 0 Å². The molecule has 0 atom stereocenters. The second kappa shape index (κ2) is 8.75. The lowest BCUT2D eigenvalue weighted by Gasteiger charge is -2.14. The molecule has 2 amide bonds. The lowest BCUT2D eigenvalue weighted by atomic mass is 10.1. The van der Waals surface area contributed by atoms with Crippen LogP contribution in [0.4, 0.5) is 5.13 Å². The molecule has 6 nitrogen and oxygen atoms in total. The molecule has 0 saturated heterocycles. The summed E-state index contributed by atoms with van der Waals surface area (Å²) in [6, 6.07) is 23.0. The molecule has 0 fully saturated rings. The molecule has 4 aromatic rings. The van der Waals surface area contributed by atoms with Crippen molar-refractivity contribution >= 4 is 28.3 Å². The first kappa shape index (κ1) is 19.6. The maximum absolute atomic E-state index is 12.5. The molecule has 0 radical (unpaired) electrons. The van der Waals surface area contributed by atoms with Gasteiger partial charge in [0.15, 0.2) is 10.9 Å². The van der Waals surface area contributed by atoms with Crippen molar-refractivity contribution in [2.24, 2.45) is 0 Å². The van der Waals surface area contributed by atoms with Gasteiger partial charge in [0.2, 0.25) is 5.91 Å². The van der Waals surface area contributed by atoms with Crippen LogP contribution in [0.3, 0.4) is 0 Å². The number of furan rings is 1. The minimum absolute atomic E-state index is 0.111. The number of carbonyl (C=O) groups excluding carboxylic acids is 2. The quantitative estimate of drug-likeness (QED) is 0.490. The molecule has 150 valence electrons. The molecule has 2 aromatic heterocycles. The van der Waals surface area contributed by atoms with Crippen LogP contribution in [0.5, 0.6) is 0 Å². The Hall–Kier alpha value is -3.71. The molecule has 0 spiro atoms. The van der Waals surface area contributed by atoms with Gasteiger partial charge >= 0.3 is 0 Å². The Kier molecular flexibility index (Phi) is 5.72. The van der Waals surface area contributed by atoms with E-state index in [1.807, 2.05) is 60.7 Å². The van der Waals surface area contributed by atoms with Crippen molar-refractivity contribution in [3.63, 3.8) is 0 Å². The highest BCUT2D eigenvalue weighted by Gasteiger charge is 2.20. The molecule has 0 bridgehead atoms. The van der Waals surface area contributed by atoms with E-state index in [4.69, 9.17) is 4.42 Å². The minimum atomic E-state index is -0.357. The van der Waals surface area contributed by atoms with Gasteiger partial charge in [0, 0.05) is 12.6 Å². The summed E-state index contributed by atoms with van der Waals surface area (Å²) in [5.41, 5.74) is 2.81. The molecule has 0 aliphatic heterocycles. The maximum Gasteiger partial charge on any atom is 0.289 e. The Morgan fingerprint density at radius 1 is 0.967 bits per heavy atom. The number of carbonyl (C=O) groups is 2. The van der Waals surface area contributed by atoms with E-state index in [9.17, 15) is 9.59 Å². The van der Waals surface area contributed by atoms with E-state index in [2.05, 4.69) is 10.3 Å². The Morgan fingerprint density at radius 3 is 2.27 bits per heavy atom. The molecule has 0 aliphatic carbocycles. The van der Waals surface area contributed by atoms with Gasteiger partial charge in [-0.05, 0) is 17.7 Å². The number of aromatic nitrogens is 1. The number of anilines is 1. The second-order valence-electron chi connectivity index (χ2n) is 6.62. The van der Waals surface area contributed by atoms with Crippen molar-refractivity contribution in [2.75, 3.05) is 18.9 Å². The summed E-state index contributed by atoms with van der Waals surface area (Å²) in [6.45, 7) is -0.111. The summed E-state index contributed by atoms with van der Waals surface area (Å²) in [5, 5.41) is 3.30. The first-order chi connectivity index (χ1) is 14.6. The standard InChI is InChI=1S/C23H19N3O3S/c1-26(22(28)18-13-8-14-29-18)15-19(27)24-23-25-20(16-9-4-2-5-10-16)21(30-23)17-11-6-3-7-12-17/h2-14H,15H2,1H3,(H,24,25,27). The van der Waals surface area contributed by atoms with Gasteiger partial charge in [-0.3, -0.25) is 9.59 Å². The monoisotopic (exact) mass is 417 g/mol. The van der Waals surface area contributed by atoms with Crippen LogP contribution in [-0.4, -0.2) is 35.3 Å². The number of nitrogens with one attached hydrogen (secondary N) is 1. The third-order valence-electron chi connectivity index (χ3n) is 4.42. The second-order valence-corrected chi connectivity index (χ2v) is 7.61. The van der Waals surface area contributed by atoms with Crippen LogP contribution in [0.15, 0.2) is 83.5 Å². The molecular weight excluding hydrogens is 398 g/mol. The first-order valence-electron chi connectivity index (χ1n) is 9.32. The highest BCUT2D eigenvalue weighted by atomic mass is 32.1. The van der Waals surface area contributed by atoms with E-state index in [1.54, 1.807) is 19.2 Å². The highest BCUT2D eigenvalue weighted by molar-refractivity contribution is 7.19. The van der Waals surface area contributed by atoms with Gasteiger partial charge in [-0.15, -0.1) is 0 Å². The third kappa shape index (κ3) is 4.31. The average Bonchev–Trinajstić information content (AvgIpc) is 3.45. The number of thiazole rings is 1. The number of amides is 2.